The quantitative estimate of drug-likeness (QED) is 0.738. The van der Waals surface area contributed by atoms with E-state index in [9.17, 15) is 0 Å². The van der Waals surface area contributed by atoms with Gasteiger partial charge in [0.05, 0.1) is 0 Å². The van der Waals surface area contributed by atoms with E-state index in [-0.39, 0.29) is 0 Å². The standard InChI is InChI=1S/C15H31N/c1-6-7-13(5)16-15-10-12(4)8-9-14(15)11(2)3/h11-16H,6-10H2,1-5H3. The molecule has 0 aliphatic heterocycles. The van der Waals surface area contributed by atoms with Crippen molar-refractivity contribution in [2.45, 2.75) is 78.8 Å². The van der Waals surface area contributed by atoms with E-state index in [1.165, 1.54) is 32.1 Å². The molecule has 16 heavy (non-hydrogen) atoms. The average Bonchev–Trinajstić information content (AvgIpc) is 2.17. The van der Waals surface area contributed by atoms with E-state index in [0.29, 0.717) is 6.04 Å². The summed E-state index contributed by atoms with van der Waals surface area (Å²) >= 11 is 0. The van der Waals surface area contributed by atoms with Gasteiger partial charge in [-0.2, -0.15) is 0 Å². The monoisotopic (exact) mass is 225 g/mol. The van der Waals surface area contributed by atoms with Gasteiger partial charge in [-0.3, -0.25) is 0 Å². The van der Waals surface area contributed by atoms with Crippen LogP contribution >= 0.6 is 0 Å². The molecule has 0 amide bonds. The van der Waals surface area contributed by atoms with Crippen LogP contribution in [0.3, 0.4) is 0 Å². The summed E-state index contributed by atoms with van der Waals surface area (Å²) in [6.45, 7) is 11.8. The largest absolute Gasteiger partial charge is 0.311 e. The lowest BCUT2D eigenvalue weighted by Gasteiger charge is -2.39. The molecule has 1 heteroatoms. The summed E-state index contributed by atoms with van der Waals surface area (Å²) in [7, 11) is 0. The Hall–Kier alpha value is -0.0400. The molecule has 4 atom stereocenters. The number of rotatable bonds is 5. The summed E-state index contributed by atoms with van der Waals surface area (Å²) in [4.78, 5) is 0. The van der Waals surface area contributed by atoms with Crippen molar-refractivity contribution in [1.82, 2.24) is 5.32 Å². The zero-order chi connectivity index (χ0) is 12.1. The second-order valence-electron chi connectivity index (χ2n) is 6.29. The van der Waals surface area contributed by atoms with E-state index in [2.05, 4.69) is 39.9 Å². The fourth-order valence-corrected chi connectivity index (χ4v) is 3.28. The highest BCUT2D eigenvalue weighted by molar-refractivity contribution is 4.86. The van der Waals surface area contributed by atoms with Gasteiger partial charge in [0.1, 0.15) is 0 Å². The van der Waals surface area contributed by atoms with Gasteiger partial charge < -0.3 is 5.32 Å². The molecule has 0 spiro atoms. The molecule has 0 aromatic heterocycles. The Morgan fingerprint density at radius 2 is 1.88 bits per heavy atom. The molecular weight excluding hydrogens is 194 g/mol. The molecular formula is C15H31N. The molecule has 4 unspecified atom stereocenters. The Labute approximate surface area is 102 Å². The van der Waals surface area contributed by atoms with Gasteiger partial charge in [0.15, 0.2) is 0 Å². The topological polar surface area (TPSA) is 12.0 Å². The third-order valence-corrected chi connectivity index (χ3v) is 4.24. The van der Waals surface area contributed by atoms with Crippen LogP contribution in [0.15, 0.2) is 0 Å². The van der Waals surface area contributed by atoms with E-state index >= 15 is 0 Å². The van der Waals surface area contributed by atoms with Crippen molar-refractivity contribution < 1.29 is 0 Å². The lowest BCUT2D eigenvalue weighted by molar-refractivity contribution is 0.159. The number of nitrogens with one attached hydrogen (secondary N) is 1. The Morgan fingerprint density at radius 1 is 1.19 bits per heavy atom. The lowest BCUT2D eigenvalue weighted by Crippen LogP contribution is -2.46. The summed E-state index contributed by atoms with van der Waals surface area (Å²) in [5, 5.41) is 3.88. The summed E-state index contributed by atoms with van der Waals surface area (Å²) < 4.78 is 0. The van der Waals surface area contributed by atoms with Gasteiger partial charge in [0.25, 0.3) is 0 Å². The molecule has 1 aliphatic carbocycles. The first-order valence-corrected chi connectivity index (χ1v) is 7.30. The SMILES string of the molecule is CCCC(C)NC1CC(C)CCC1C(C)C. The normalized spacial score (nSPS) is 33.0. The van der Waals surface area contributed by atoms with Crippen LogP contribution in [0.5, 0.6) is 0 Å². The molecule has 0 bridgehead atoms. The van der Waals surface area contributed by atoms with Crippen molar-refractivity contribution in [3.63, 3.8) is 0 Å². The summed E-state index contributed by atoms with van der Waals surface area (Å²) in [6.07, 6.45) is 6.86. The minimum Gasteiger partial charge on any atom is -0.311 e. The van der Waals surface area contributed by atoms with Crippen LogP contribution in [0.4, 0.5) is 0 Å². The van der Waals surface area contributed by atoms with E-state index in [0.717, 1.165) is 23.8 Å². The molecule has 1 fully saturated rings. The van der Waals surface area contributed by atoms with Crippen LogP contribution < -0.4 is 5.32 Å². The number of hydrogen-bond acceptors (Lipinski definition) is 1. The lowest BCUT2D eigenvalue weighted by atomic mass is 9.74. The Morgan fingerprint density at radius 3 is 2.44 bits per heavy atom. The van der Waals surface area contributed by atoms with Crippen molar-refractivity contribution >= 4 is 0 Å². The van der Waals surface area contributed by atoms with Crippen LogP contribution in [0, 0.1) is 17.8 Å². The Bertz CT molecular complexity index is 188. The molecule has 1 rings (SSSR count). The molecule has 1 aliphatic rings. The van der Waals surface area contributed by atoms with Crippen LogP contribution in [-0.2, 0) is 0 Å². The third kappa shape index (κ3) is 4.08. The maximum Gasteiger partial charge on any atom is 0.0103 e. The van der Waals surface area contributed by atoms with E-state index in [4.69, 9.17) is 0 Å². The van der Waals surface area contributed by atoms with Crippen molar-refractivity contribution in [3.8, 4) is 0 Å². The van der Waals surface area contributed by atoms with Gasteiger partial charge in [0, 0.05) is 12.1 Å². The van der Waals surface area contributed by atoms with Gasteiger partial charge in [-0.1, -0.05) is 40.5 Å². The van der Waals surface area contributed by atoms with Crippen molar-refractivity contribution in [2.75, 3.05) is 0 Å². The van der Waals surface area contributed by atoms with Gasteiger partial charge in [-0.25, -0.2) is 0 Å². The van der Waals surface area contributed by atoms with Gasteiger partial charge >= 0.3 is 0 Å². The van der Waals surface area contributed by atoms with Gasteiger partial charge in [-0.05, 0) is 43.9 Å². The maximum atomic E-state index is 3.88. The average molecular weight is 225 g/mol. The smallest absolute Gasteiger partial charge is 0.0103 e. The molecule has 0 aromatic carbocycles. The van der Waals surface area contributed by atoms with E-state index < -0.39 is 0 Å². The van der Waals surface area contributed by atoms with Crippen LogP contribution in [0.2, 0.25) is 0 Å². The molecule has 96 valence electrons. The first kappa shape index (κ1) is 14.0. The zero-order valence-corrected chi connectivity index (χ0v) is 11.9. The van der Waals surface area contributed by atoms with Crippen LogP contribution in [0.1, 0.15) is 66.7 Å². The Balaban J connectivity index is 2.50. The fraction of sp³-hybridized carbons (Fsp3) is 1.00. The second-order valence-corrected chi connectivity index (χ2v) is 6.29. The first-order chi connectivity index (χ1) is 7.54. The maximum absolute atomic E-state index is 3.88. The third-order valence-electron chi connectivity index (χ3n) is 4.24. The van der Waals surface area contributed by atoms with E-state index in [1.807, 2.05) is 0 Å². The summed E-state index contributed by atoms with van der Waals surface area (Å²) in [5.74, 6) is 2.65. The molecule has 1 saturated carbocycles. The fourth-order valence-electron chi connectivity index (χ4n) is 3.28. The molecule has 1 N–H and O–H groups in total. The number of hydrogen-bond donors (Lipinski definition) is 1. The van der Waals surface area contributed by atoms with Crippen LogP contribution in [0.25, 0.3) is 0 Å². The predicted molar refractivity (Wildman–Crippen MR) is 72.6 cm³/mol. The Kier molecular flexibility index (Phi) is 5.82. The molecule has 0 saturated heterocycles. The minimum atomic E-state index is 0.696. The summed E-state index contributed by atoms with van der Waals surface area (Å²) in [5.41, 5.74) is 0. The molecule has 0 radical (unpaired) electrons. The van der Waals surface area contributed by atoms with Crippen molar-refractivity contribution in [1.29, 1.82) is 0 Å². The molecule has 0 heterocycles. The summed E-state index contributed by atoms with van der Waals surface area (Å²) in [6, 6.07) is 1.46. The highest BCUT2D eigenvalue weighted by Crippen LogP contribution is 2.33. The highest BCUT2D eigenvalue weighted by Gasteiger charge is 2.30. The van der Waals surface area contributed by atoms with Crippen molar-refractivity contribution in [3.05, 3.63) is 0 Å². The molecule has 1 nitrogen and oxygen atoms in total. The van der Waals surface area contributed by atoms with Crippen LogP contribution in [-0.4, -0.2) is 12.1 Å². The van der Waals surface area contributed by atoms with E-state index in [1.54, 1.807) is 0 Å². The second kappa shape index (κ2) is 6.64. The van der Waals surface area contributed by atoms with Gasteiger partial charge in [0.2, 0.25) is 0 Å². The zero-order valence-electron chi connectivity index (χ0n) is 11.9. The van der Waals surface area contributed by atoms with Crippen molar-refractivity contribution in [2.24, 2.45) is 17.8 Å². The van der Waals surface area contributed by atoms with Gasteiger partial charge in [-0.15, -0.1) is 0 Å². The minimum absolute atomic E-state index is 0.696. The first-order valence-electron chi connectivity index (χ1n) is 7.30. The molecule has 0 aromatic rings. The predicted octanol–water partition coefficient (Wildman–Crippen LogP) is 4.23. The highest BCUT2D eigenvalue weighted by atomic mass is 15.0.